The van der Waals surface area contributed by atoms with E-state index in [0.717, 1.165) is 0 Å². The molecule has 4 N–H and O–H groups in total. The molecular formula is C12H16N6O4. The Bertz CT molecular complexity index is 689. The van der Waals surface area contributed by atoms with Crippen LogP contribution in [0.2, 0.25) is 0 Å². The van der Waals surface area contributed by atoms with E-state index in [1.54, 1.807) is 6.92 Å². The van der Waals surface area contributed by atoms with Gasteiger partial charge in [-0.3, -0.25) is 4.57 Å². The Balaban J connectivity index is 1.89. The number of aromatic nitrogens is 4. The lowest BCUT2D eigenvalue weighted by Gasteiger charge is -2.16. The van der Waals surface area contributed by atoms with Crippen LogP contribution in [0.25, 0.3) is 11.2 Å². The highest BCUT2D eigenvalue weighted by atomic mass is 16.6. The second-order valence-corrected chi connectivity index (χ2v) is 4.73. The molecule has 0 saturated carbocycles. The van der Waals surface area contributed by atoms with E-state index in [2.05, 4.69) is 20.1 Å². The first-order valence-corrected chi connectivity index (χ1v) is 6.73. The summed E-state index contributed by atoms with van der Waals surface area (Å²) in [6.07, 6.45) is 0.0351. The fourth-order valence-corrected chi connectivity index (χ4v) is 2.27. The summed E-state index contributed by atoms with van der Waals surface area (Å²) in [5.74, 6) is 0.228. The molecule has 1 aliphatic rings. The number of aliphatic hydroxyl groups is 2. The van der Waals surface area contributed by atoms with Gasteiger partial charge in [0.1, 0.15) is 36.8 Å². The molecule has 2 aromatic rings. The van der Waals surface area contributed by atoms with E-state index in [4.69, 9.17) is 15.3 Å². The van der Waals surface area contributed by atoms with Gasteiger partial charge in [-0.25, -0.2) is 15.0 Å². The summed E-state index contributed by atoms with van der Waals surface area (Å²) in [4.78, 5) is 16.9. The van der Waals surface area contributed by atoms with Crippen molar-refractivity contribution in [3.05, 3.63) is 12.7 Å². The number of hydrogen-bond donors (Lipinski definition) is 3. The average molecular weight is 308 g/mol. The summed E-state index contributed by atoms with van der Waals surface area (Å²) >= 11 is 0. The third-order valence-corrected chi connectivity index (χ3v) is 3.35. The fourth-order valence-electron chi connectivity index (χ4n) is 2.27. The van der Waals surface area contributed by atoms with Crippen molar-refractivity contribution in [2.75, 3.05) is 12.3 Å². The number of aliphatic hydroxyl groups excluding tert-OH is 2. The number of nitrogens with zero attached hydrogens (tertiary/aromatic N) is 5. The lowest BCUT2D eigenvalue weighted by molar-refractivity contribution is -0.0216. The first-order chi connectivity index (χ1) is 10.6. The van der Waals surface area contributed by atoms with Crippen LogP contribution in [0.5, 0.6) is 0 Å². The Morgan fingerprint density at radius 2 is 2.23 bits per heavy atom. The molecule has 1 aliphatic heterocycles. The van der Waals surface area contributed by atoms with Crippen LogP contribution in [0.4, 0.5) is 5.82 Å². The van der Waals surface area contributed by atoms with Gasteiger partial charge < -0.3 is 25.5 Å². The lowest BCUT2D eigenvalue weighted by Crippen LogP contribution is -2.32. The minimum absolute atomic E-state index is 0.228. The second-order valence-electron chi connectivity index (χ2n) is 4.73. The molecule has 0 spiro atoms. The van der Waals surface area contributed by atoms with Gasteiger partial charge in [-0.1, -0.05) is 5.16 Å². The van der Waals surface area contributed by atoms with Crippen molar-refractivity contribution >= 4 is 23.2 Å². The summed E-state index contributed by atoms with van der Waals surface area (Å²) in [5, 5.41) is 23.9. The van der Waals surface area contributed by atoms with Gasteiger partial charge >= 0.3 is 0 Å². The summed E-state index contributed by atoms with van der Waals surface area (Å²) in [6, 6.07) is 0. The van der Waals surface area contributed by atoms with Crippen LogP contribution < -0.4 is 5.73 Å². The van der Waals surface area contributed by atoms with E-state index < -0.39 is 24.5 Å². The highest BCUT2D eigenvalue weighted by Gasteiger charge is 2.43. The second kappa shape index (κ2) is 5.83. The van der Waals surface area contributed by atoms with E-state index in [9.17, 15) is 10.2 Å². The Hall–Kier alpha value is -2.30. The van der Waals surface area contributed by atoms with Crippen molar-refractivity contribution in [2.24, 2.45) is 5.16 Å². The van der Waals surface area contributed by atoms with Crippen LogP contribution in [0.15, 0.2) is 17.8 Å². The Morgan fingerprint density at radius 1 is 1.41 bits per heavy atom. The maximum atomic E-state index is 10.2. The molecule has 2 aromatic heterocycles. The van der Waals surface area contributed by atoms with Crippen LogP contribution in [-0.2, 0) is 9.57 Å². The number of anilines is 1. The van der Waals surface area contributed by atoms with Crippen molar-refractivity contribution in [1.29, 1.82) is 0 Å². The zero-order valence-electron chi connectivity index (χ0n) is 11.8. The van der Waals surface area contributed by atoms with Gasteiger partial charge in [-0.05, 0) is 6.92 Å². The van der Waals surface area contributed by atoms with Gasteiger partial charge in [-0.15, -0.1) is 0 Å². The maximum Gasteiger partial charge on any atom is 0.167 e. The van der Waals surface area contributed by atoms with Gasteiger partial charge in [0.2, 0.25) is 0 Å². The number of imidazole rings is 1. The number of nitrogens with two attached hydrogens (primary N) is 1. The number of rotatable bonds is 4. The van der Waals surface area contributed by atoms with E-state index in [0.29, 0.717) is 17.8 Å². The Labute approximate surface area is 125 Å². The van der Waals surface area contributed by atoms with Crippen molar-refractivity contribution in [2.45, 2.75) is 31.5 Å². The van der Waals surface area contributed by atoms with Crippen LogP contribution in [0.1, 0.15) is 13.2 Å². The minimum Gasteiger partial charge on any atom is -0.396 e. The molecule has 0 amide bonds. The molecule has 3 heterocycles. The monoisotopic (exact) mass is 308 g/mol. The van der Waals surface area contributed by atoms with Gasteiger partial charge in [0.05, 0.1) is 12.5 Å². The highest BCUT2D eigenvalue weighted by Crippen LogP contribution is 2.31. The standard InChI is InChI=1S/C12H16N6O4/c1-2-21-17-3-6-8(19)9(20)12(22-6)18-5-16-7-10(13)14-4-15-11(7)18/h3-6,8-9,12,19-20H,2H2,1H3,(H2,13,14,15)/b17-3+. The Morgan fingerprint density at radius 3 is 3.00 bits per heavy atom. The van der Waals surface area contributed by atoms with Crippen molar-refractivity contribution < 1.29 is 19.8 Å². The average Bonchev–Trinajstić information content (AvgIpc) is 3.05. The molecule has 10 nitrogen and oxygen atoms in total. The highest BCUT2D eigenvalue weighted by molar-refractivity contribution is 5.81. The first kappa shape index (κ1) is 14.6. The molecule has 0 aliphatic carbocycles. The van der Waals surface area contributed by atoms with Gasteiger partial charge in [0.25, 0.3) is 0 Å². The van der Waals surface area contributed by atoms with E-state index >= 15 is 0 Å². The zero-order chi connectivity index (χ0) is 15.7. The number of ether oxygens (including phenoxy) is 1. The summed E-state index contributed by atoms with van der Waals surface area (Å²) in [6.45, 7) is 2.18. The van der Waals surface area contributed by atoms with Gasteiger partial charge in [0.15, 0.2) is 17.7 Å². The van der Waals surface area contributed by atoms with Crippen molar-refractivity contribution in [3.8, 4) is 0 Å². The molecule has 4 unspecified atom stereocenters. The molecule has 0 radical (unpaired) electrons. The van der Waals surface area contributed by atoms with Crippen LogP contribution in [-0.4, -0.2) is 60.9 Å². The van der Waals surface area contributed by atoms with Crippen LogP contribution in [0.3, 0.4) is 0 Å². The molecule has 4 atom stereocenters. The molecule has 10 heteroatoms. The van der Waals surface area contributed by atoms with Gasteiger partial charge in [-0.2, -0.15) is 0 Å². The topological polar surface area (TPSA) is 141 Å². The van der Waals surface area contributed by atoms with Crippen LogP contribution in [0, 0.1) is 0 Å². The Kier molecular flexibility index (Phi) is 3.88. The molecule has 0 bridgehead atoms. The SMILES string of the molecule is CCO/N=C/C1OC(n2cnc3c(N)ncnc32)C(O)C1O. The summed E-state index contributed by atoms with van der Waals surface area (Å²) in [7, 11) is 0. The number of oxime groups is 1. The lowest BCUT2D eigenvalue weighted by atomic mass is 10.1. The maximum absolute atomic E-state index is 10.2. The van der Waals surface area contributed by atoms with E-state index in [1.165, 1.54) is 23.4 Å². The number of nitrogen functional groups attached to an aromatic ring is 1. The van der Waals surface area contributed by atoms with E-state index in [1.807, 2.05) is 0 Å². The molecule has 22 heavy (non-hydrogen) atoms. The molecule has 0 aromatic carbocycles. The normalized spacial score (nSPS) is 28.7. The molecule has 3 rings (SSSR count). The third-order valence-electron chi connectivity index (χ3n) is 3.35. The van der Waals surface area contributed by atoms with E-state index in [-0.39, 0.29) is 5.82 Å². The molecule has 118 valence electrons. The largest absolute Gasteiger partial charge is 0.396 e. The van der Waals surface area contributed by atoms with Crippen molar-refractivity contribution in [3.63, 3.8) is 0 Å². The first-order valence-electron chi connectivity index (χ1n) is 6.73. The zero-order valence-corrected chi connectivity index (χ0v) is 11.8. The molecule has 1 saturated heterocycles. The number of hydrogen-bond acceptors (Lipinski definition) is 9. The predicted octanol–water partition coefficient (Wildman–Crippen LogP) is -0.950. The number of fused-ring (bicyclic) bond motifs is 1. The smallest absolute Gasteiger partial charge is 0.167 e. The van der Waals surface area contributed by atoms with Crippen LogP contribution >= 0.6 is 0 Å². The quantitative estimate of drug-likeness (QED) is 0.485. The van der Waals surface area contributed by atoms with Gasteiger partial charge in [0, 0.05) is 0 Å². The summed E-state index contributed by atoms with van der Waals surface area (Å²) in [5.41, 5.74) is 6.53. The molecular weight excluding hydrogens is 292 g/mol. The predicted molar refractivity (Wildman–Crippen MR) is 75.8 cm³/mol. The molecule has 1 fully saturated rings. The third kappa shape index (κ3) is 2.36. The van der Waals surface area contributed by atoms with Crippen molar-refractivity contribution in [1.82, 2.24) is 19.5 Å². The minimum atomic E-state index is -1.17. The fraction of sp³-hybridized carbons (Fsp3) is 0.500. The summed E-state index contributed by atoms with van der Waals surface area (Å²) < 4.78 is 7.11.